The van der Waals surface area contributed by atoms with Crippen LogP contribution in [0.3, 0.4) is 0 Å². The molecule has 0 heteroatoms. The molecule has 10 atom stereocenters. The molecule has 6 fully saturated rings. The molecule has 0 bridgehead atoms. The fourth-order valence-corrected chi connectivity index (χ4v) is 6.80. The molecule has 0 aromatic rings. The Balaban J connectivity index is 1.64. The predicted octanol–water partition coefficient (Wildman–Crippen LogP) is 2.40. The average Bonchev–Trinajstić information content (AvgIpc) is 3.06. The molecule has 0 aromatic carbocycles. The first-order valence-corrected chi connectivity index (χ1v) is 6.45. The first kappa shape index (κ1) is 5.78. The van der Waals surface area contributed by atoms with Crippen molar-refractivity contribution in [3.8, 4) is 0 Å². The molecule has 0 saturated heterocycles. The van der Waals surface area contributed by atoms with Crippen LogP contribution < -0.4 is 0 Å². The van der Waals surface area contributed by atoms with Crippen LogP contribution in [0, 0.1) is 59.2 Å². The van der Waals surface area contributed by atoms with Crippen LogP contribution in [0.1, 0.15) is 19.3 Å². The minimum absolute atomic E-state index is 1.27. The molecule has 6 rings (SSSR count). The summed E-state index contributed by atoms with van der Waals surface area (Å²) < 4.78 is 0. The largest absolute Gasteiger partial charge is 0.0465 e. The van der Waals surface area contributed by atoms with Gasteiger partial charge in [-0.15, -0.1) is 0 Å². The van der Waals surface area contributed by atoms with Gasteiger partial charge in [-0.05, 0) is 78.4 Å². The Hall–Kier alpha value is 0. The monoisotopic (exact) mass is 172 g/mol. The van der Waals surface area contributed by atoms with Gasteiger partial charge in [0.05, 0.1) is 0 Å². The van der Waals surface area contributed by atoms with Crippen molar-refractivity contribution in [3.05, 3.63) is 0 Å². The SMILES string of the molecule is C1[C@@H]2C3C4C([C@@H]12)[C@H]1C[C@H]1C4[C@H]1C[C@H]31. The van der Waals surface area contributed by atoms with Crippen molar-refractivity contribution >= 4 is 0 Å². The lowest BCUT2D eigenvalue weighted by molar-refractivity contribution is 0.222. The van der Waals surface area contributed by atoms with E-state index in [0.29, 0.717) is 0 Å². The van der Waals surface area contributed by atoms with Gasteiger partial charge in [-0.1, -0.05) is 0 Å². The average molecular weight is 172 g/mol. The van der Waals surface area contributed by atoms with Gasteiger partial charge in [-0.3, -0.25) is 0 Å². The van der Waals surface area contributed by atoms with Crippen LogP contribution in [-0.4, -0.2) is 0 Å². The summed E-state index contributed by atoms with van der Waals surface area (Å²) in [6, 6.07) is 0. The second-order valence-corrected chi connectivity index (χ2v) is 7.00. The second-order valence-electron chi connectivity index (χ2n) is 7.00. The van der Waals surface area contributed by atoms with E-state index in [0.717, 1.165) is 0 Å². The van der Waals surface area contributed by atoms with Crippen LogP contribution in [0.25, 0.3) is 0 Å². The van der Waals surface area contributed by atoms with E-state index in [2.05, 4.69) is 0 Å². The molecule has 68 valence electrons. The standard InChI is InChI=1S/C13H16/c1-4-5(1)11-7-3-9(7)12-8-2-6(8)10(4)13(11)12/h4-13H,1-3H2/t4-,5-,6-,7-,8-,9+,10?,11?,12?,13?/m0/s1. The first-order chi connectivity index (χ1) is 6.45. The maximum atomic E-state index is 1.67. The van der Waals surface area contributed by atoms with Crippen molar-refractivity contribution in [3.63, 3.8) is 0 Å². The lowest BCUT2D eigenvalue weighted by Crippen LogP contribution is -2.21. The maximum absolute atomic E-state index is 1.67. The fourth-order valence-electron chi connectivity index (χ4n) is 6.80. The van der Waals surface area contributed by atoms with Crippen molar-refractivity contribution < 1.29 is 0 Å². The predicted molar refractivity (Wildman–Crippen MR) is 48.8 cm³/mol. The summed E-state index contributed by atoms with van der Waals surface area (Å²) in [5.74, 6) is 12.8. The van der Waals surface area contributed by atoms with Crippen molar-refractivity contribution in [2.24, 2.45) is 59.2 Å². The third-order valence-electron chi connectivity index (χ3n) is 6.97. The molecule has 0 aliphatic heterocycles. The van der Waals surface area contributed by atoms with E-state index in [-0.39, 0.29) is 0 Å². The van der Waals surface area contributed by atoms with Gasteiger partial charge in [0.2, 0.25) is 0 Å². The molecule has 0 aromatic heterocycles. The van der Waals surface area contributed by atoms with Gasteiger partial charge in [0.15, 0.2) is 0 Å². The van der Waals surface area contributed by atoms with E-state index in [9.17, 15) is 0 Å². The topological polar surface area (TPSA) is 0 Å². The van der Waals surface area contributed by atoms with Crippen LogP contribution in [0.2, 0.25) is 0 Å². The van der Waals surface area contributed by atoms with E-state index >= 15 is 0 Å². The molecule has 0 amide bonds. The zero-order chi connectivity index (χ0) is 7.89. The van der Waals surface area contributed by atoms with E-state index in [1.54, 1.807) is 19.3 Å². The third kappa shape index (κ3) is 0.412. The quantitative estimate of drug-likeness (QED) is 0.526. The summed E-state index contributed by atoms with van der Waals surface area (Å²) >= 11 is 0. The number of rotatable bonds is 0. The highest BCUT2D eigenvalue weighted by Crippen LogP contribution is 2.86. The Labute approximate surface area is 79.1 Å². The van der Waals surface area contributed by atoms with E-state index in [4.69, 9.17) is 0 Å². The molecule has 4 unspecified atom stereocenters. The Morgan fingerprint density at radius 3 is 1.00 bits per heavy atom. The Morgan fingerprint density at radius 2 is 0.692 bits per heavy atom. The van der Waals surface area contributed by atoms with Crippen LogP contribution in [-0.2, 0) is 0 Å². The van der Waals surface area contributed by atoms with Gasteiger partial charge in [-0.25, -0.2) is 0 Å². The molecular weight excluding hydrogens is 156 g/mol. The zero-order valence-electron chi connectivity index (χ0n) is 7.89. The highest BCUT2D eigenvalue weighted by atomic mass is 14.9. The van der Waals surface area contributed by atoms with E-state index < -0.39 is 0 Å². The van der Waals surface area contributed by atoms with E-state index in [1.165, 1.54) is 59.2 Å². The van der Waals surface area contributed by atoms with Crippen LogP contribution >= 0.6 is 0 Å². The minimum atomic E-state index is 1.27. The second kappa shape index (κ2) is 1.33. The summed E-state index contributed by atoms with van der Waals surface area (Å²) in [4.78, 5) is 0. The summed E-state index contributed by atoms with van der Waals surface area (Å²) in [6.07, 6.45) is 5.01. The summed E-state index contributed by atoms with van der Waals surface area (Å²) in [6.45, 7) is 0. The van der Waals surface area contributed by atoms with Gasteiger partial charge in [0, 0.05) is 0 Å². The highest BCUT2D eigenvalue weighted by Gasteiger charge is 2.81. The smallest absolute Gasteiger partial charge is 0.0313 e. The molecule has 0 N–H and O–H groups in total. The lowest BCUT2D eigenvalue weighted by Gasteiger charge is -2.25. The molecule has 13 heavy (non-hydrogen) atoms. The van der Waals surface area contributed by atoms with Crippen molar-refractivity contribution in [2.75, 3.05) is 0 Å². The van der Waals surface area contributed by atoms with Gasteiger partial charge < -0.3 is 0 Å². The van der Waals surface area contributed by atoms with Crippen molar-refractivity contribution in [1.29, 1.82) is 0 Å². The molecule has 0 heterocycles. The number of fused-ring (bicyclic) bond motifs is 9. The summed E-state index contributed by atoms with van der Waals surface area (Å²) in [7, 11) is 0. The number of hydrogen-bond donors (Lipinski definition) is 0. The highest BCUT2D eigenvalue weighted by molar-refractivity contribution is 5.28. The van der Waals surface area contributed by atoms with E-state index in [1.807, 2.05) is 0 Å². The molecule has 6 aliphatic rings. The van der Waals surface area contributed by atoms with Gasteiger partial charge in [0.1, 0.15) is 0 Å². The number of hydrogen-bond acceptors (Lipinski definition) is 0. The Bertz CT molecular complexity index is 257. The summed E-state index contributed by atoms with van der Waals surface area (Å²) in [5.41, 5.74) is 0. The van der Waals surface area contributed by atoms with Crippen LogP contribution in [0.5, 0.6) is 0 Å². The molecular formula is C13H16. The Kier molecular flexibility index (Phi) is 0.593. The maximum Gasteiger partial charge on any atom is -0.0313 e. The molecule has 0 spiro atoms. The first-order valence-electron chi connectivity index (χ1n) is 6.45. The normalized spacial score (nSPS) is 88.6. The molecule has 6 saturated carbocycles. The summed E-state index contributed by atoms with van der Waals surface area (Å²) in [5, 5.41) is 0. The third-order valence-corrected chi connectivity index (χ3v) is 6.97. The molecule has 0 nitrogen and oxygen atoms in total. The van der Waals surface area contributed by atoms with Crippen LogP contribution in [0.15, 0.2) is 0 Å². The molecule has 6 aliphatic carbocycles. The molecule has 0 radical (unpaired) electrons. The fraction of sp³-hybridized carbons (Fsp3) is 1.00. The van der Waals surface area contributed by atoms with Crippen molar-refractivity contribution in [2.45, 2.75) is 19.3 Å². The minimum Gasteiger partial charge on any atom is -0.0465 e. The van der Waals surface area contributed by atoms with Gasteiger partial charge in [-0.2, -0.15) is 0 Å². The zero-order valence-corrected chi connectivity index (χ0v) is 7.89. The Morgan fingerprint density at radius 1 is 0.385 bits per heavy atom. The van der Waals surface area contributed by atoms with Crippen molar-refractivity contribution in [1.82, 2.24) is 0 Å². The van der Waals surface area contributed by atoms with Crippen LogP contribution in [0.4, 0.5) is 0 Å². The van der Waals surface area contributed by atoms with Gasteiger partial charge in [0.25, 0.3) is 0 Å². The van der Waals surface area contributed by atoms with Gasteiger partial charge >= 0.3 is 0 Å². The lowest BCUT2D eigenvalue weighted by atomic mass is 9.80.